The van der Waals surface area contributed by atoms with Gasteiger partial charge in [-0.15, -0.1) is 0 Å². The van der Waals surface area contributed by atoms with E-state index < -0.39 is 0 Å². The fraction of sp³-hybridized carbons (Fsp3) is 0.414. The molecule has 3 heterocycles. The van der Waals surface area contributed by atoms with Crippen molar-refractivity contribution in [3.8, 4) is 22.6 Å². The van der Waals surface area contributed by atoms with Gasteiger partial charge in [-0.3, -0.25) is 4.40 Å². The molecule has 0 fully saturated rings. The number of pyridine rings is 1. The Kier molecular flexibility index (Phi) is 9.34. The molecule has 5 nitrogen and oxygen atoms in total. The first-order valence-corrected chi connectivity index (χ1v) is 12.5. The van der Waals surface area contributed by atoms with Gasteiger partial charge in [0.2, 0.25) is 0 Å². The van der Waals surface area contributed by atoms with Crippen molar-refractivity contribution < 1.29 is 0 Å². The number of rotatable bonds is 8. The Hall–Kier alpha value is -3.05. The fourth-order valence-electron chi connectivity index (χ4n) is 3.97. The number of nitrogens with zero attached hydrogens (tertiary/aromatic N) is 5. The summed E-state index contributed by atoms with van der Waals surface area (Å²) in [5.41, 5.74) is 7.30. The smallest absolute Gasteiger partial charge is 0.138 e. The number of imidazole rings is 1. The monoisotopic (exact) mass is 457 g/mol. The van der Waals surface area contributed by atoms with Crippen molar-refractivity contribution in [1.29, 1.82) is 0 Å². The topological polar surface area (TPSA) is 46.3 Å². The molecule has 0 aliphatic heterocycles. The van der Waals surface area contributed by atoms with Crippen LogP contribution in [0, 0.1) is 13.8 Å². The third-order valence-corrected chi connectivity index (χ3v) is 5.74. The second kappa shape index (κ2) is 12.4. The van der Waals surface area contributed by atoms with Crippen LogP contribution >= 0.6 is 0 Å². The molecule has 0 aliphatic rings. The zero-order valence-electron chi connectivity index (χ0n) is 21.7. The molecule has 0 saturated carbocycles. The zero-order valence-corrected chi connectivity index (χ0v) is 21.7. The molecule has 3 aromatic heterocycles. The second-order valence-corrected chi connectivity index (χ2v) is 9.23. The van der Waals surface area contributed by atoms with Gasteiger partial charge in [0.25, 0.3) is 0 Å². The molecular formula is C29H39N5. The van der Waals surface area contributed by atoms with Crippen molar-refractivity contribution in [1.82, 2.24) is 24.3 Å². The van der Waals surface area contributed by atoms with Crippen molar-refractivity contribution in [2.75, 3.05) is 14.1 Å². The molecule has 180 valence electrons. The molecule has 0 spiro atoms. The summed E-state index contributed by atoms with van der Waals surface area (Å²) in [7, 11) is 4.14. The average molecular weight is 458 g/mol. The van der Waals surface area contributed by atoms with E-state index >= 15 is 0 Å². The molecule has 0 aliphatic carbocycles. The maximum Gasteiger partial charge on any atom is 0.138 e. The lowest BCUT2D eigenvalue weighted by molar-refractivity contribution is 0.402. The third kappa shape index (κ3) is 6.73. The van der Waals surface area contributed by atoms with Crippen LogP contribution in [-0.2, 0) is 6.54 Å². The first kappa shape index (κ1) is 25.6. The quantitative estimate of drug-likeness (QED) is 0.264. The molecular weight excluding hydrogens is 418 g/mol. The molecule has 4 aromatic rings. The maximum absolute atomic E-state index is 4.97. The average Bonchev–Trinajstić information content (AvgIpc) is 3.19. The highest BCUT2D eigenvalue weighted by Crippen LogP contribution is 2.32. The number of aromatic nitrogens is 4. The van der Waals surface area contributed by atoms with Crippen LogP contribution in [0.5, 0.6) is 0 Å². The Labute approximate surface area is 204 Å². The van der Waals surface area contributed by atoms with Crippen LogP contribution in [0.2, 0.25) is 0 Å². The Balaban J connectivity index is 0.000000406. The number of fused-ring (bicyclic) bond motifs is 1. The minimum atomic E-state index is 0.751. The second-order valence-electron chi connectivity index (χ2n) is 9.23. The molecule has 0 unspecified atom stereocenters. The molecule has 0 radical (unpaired) electrons. The Morgan fingerprint density at radius 2 is 1.56 bits per heavy atom. The van der Waals surface area contributed by atoms with Gasteiger partial charge < -0.3 is 4.90 Å². The van der Waals surface area contributed by atoms with E-state index in [0.29, 0.717) is 0 Å². The number of benzene rings is 1. The highest BCUT2D eigenvalue weighted by Gasteiger charge is 2.17. The normalized spacial score (nSPS) is 11.0. The van der Waals surface area contributed by atoms with Crippen molar-refractivity contribution in [2.45, 2.75) is 66.3 Å². The molecule has 4 rings (SSSR count). The molecule has 0 saturated heterocycles. The molecule has 34 heavy (non-hydrogen) atoms. The molecule has 0 bridgehead atoms. The summed E-state index contributed by atoms with van der Waals surface area (Å²) in [6.07, 6.45) is 10.9. The first-order chi connectivity index (χ1) is 16.4. The van der Waals surface area contributed by atoms with Gasteiger partial charge >= 0.3 is 0 Å². The number of hydrogen-bond donors (Lipinski definition) is 0. The lowest BCUT2D eigenvalue weighted by atomic mass is 10.1. The van der Waals surface area contributed by atoms with Crippen LogP contribution < -0.4 is 0 Å². The van der Waals surface area contributed by atoms with Gasteiger partial charge in [-0.25, -0.2) is 15.0 Å². The van der Waals surface area contributed by atoms with Crippen molar-refractivity contribution in [2.24, 2.45) is 0 Å². The largest absolute Gasteiger partial charge is 0.305 e. The number of unbranched alkanes of at least 4 members (excludes halogenated alkanes) is 4. The van der Waals surface area contributed by atoms with Gasteiger partial charge in [-0.05, 0) is 51.7 Å². The van der Waals surface area contributed by atoms with Gasteiger partial charge in [0.1, 0.15) is 11.5 Å². The number of aryl methyl sites for hydroxylation is 2. The van der Waals surface area contributed by atoms with Gasteiger partial charge in [-0.2, -0.15) is 0 Å². The Bertz CT molecular complexity index is 1170. The molecule has 0 atom stereocenters. The fourth-order valence-corrected chi connectivity index (χ4v) is 3.97. The van der Waals surface area contributed by atoms with Gasteiger partial charge in [-0.1, -0.05) is 75.8 Å². The zero-order chi connectivity index (χ0) is 24.5. The van der Waals surface area contributed by atoms with E-state index in [4.69, 9.17) is 4.98 Å². The van der Waals surface area contributed by atoms with Crippen LogP contribution in [0.1, 0.15) is 62.9 Å². The number of hydrogen-bond acceptors (Lipinski definition) is 4. The highest BCUT2D eigenvalue weighted by molar-refractivity contribution is 5.80. The lowest BCUT2D eigenvalue weighted by Gasteiger charge is -2.10. The standard InChI is InChI=1S/C22H23N5.C7H16/c1-15-5-7-18(8-6-15)21-22(19-9-11-23-16(2)24-19)27-12-10-17(14-26(3)4)13-20(27)25-21;1-3-5-7-6-4-2/h5-13H,14H2,1-4H3;3-7H2,1-2H3. The van der Waals surface area contributed by atoms with E-state index in [0.717, 1.165) is 40.7 Å². The van der Waals surface area contributed by atoms with Crippen LogP contribution in [-0.4, -0.2) is 38.3 Å². The van der Waals surface area contributed by atoms with Crippen LogP contribution in [0.3, 0.4) is 0 Å². The Morgan fingerprint density at radius 3 is 2.18 bits per heavy atom. The lowest BCUT2D eigenvalue weighted by Crippen LogP contribution is -2.10. The van der Waals surface area contributed by atoms with Crippen LogP contribution in [0.25, 0.3) is 28.3 Å². The molecule has 1 aromatic carbocycles. The van der Waals surface area contributed by atoms with E-state index in [9.17, 15) is 0 Å². The van der Waals surface area contributed by atoms with Crippen molar-refractivity contribution in [3.05, 3.63) is 71.8 Å². The first-order valence-electron chi connectivity index (χ1n) is 12.5. The van der Waals surface area contributed by atoms with Crippen molar-refractivity contribution >= 4 is 5.65 Å². The van der Waals surface area contributed by atoms with Gasteiger partial charge in [0.05, 0.1) is 17.1 Å². The maximum atomic E-state index is 4.97. The molecule has 0 amide bonds. The summed E-state index contributed by atoms with van der Waals surface area (Å²) < 4.78 is 2.12. The minimum absolute atomic E-state index is 0.751. The van der Waals surface area contributed by atoms with E-state index in [1.54, 1.807) is 6.20 Å². The summed E-state index contributed by atoms with van der Waals surface area (Å²) in [5.74, 6) is 0.751. The summed E-state index contributed by atoms with van der Waals surface area (Å²) in [6, 6.07) is 14.7. The third-order valence-electron chi connectivity index (χ3n) is 5.74. The summed E-state index contributed by atoms with van der Waals surface area (Å²) >= 11 is 0. The van der Waals surface area contributed by atoms with Crippen molar-refractivity contribution in [3.63, 3.8) is 0 Å². The Morgan fingerprint density at radius 1 is 0.853 bits per heavy atom. The molecule has 5 heteroatoms. The SMILES string of the molecule is CCCCCCC.Cc1ccc(-c2nc3cc(CN(C)C)ccn3c2-c2ccnc(C)n2)cc1. The van der Waals surface area contributed by atoms with E-state index in [1.165, 1.54) is 43.2 Å². The summed E-state index contributed by atoms with van der Waals surface area (Å²) in [5, 5.41) is 0. The predicted octanol–water partition coefficient (Wildman–Crippen LogP) is 7.11. The van der Waals surface area contributed by atoms with Crippen LogP contribution in [0.15, 0.2) is 54.9 Å². The van der Waals surface area contributed by atoms with E-state index in [-0.39, 0.29) is 0 Å². The minimum Gasteiger partial charge on any atom is -0.305 e. The van der Waals surface area contributed by atoms with E-state index in [1.807, 2.05) is 13.0 Å². The van der Waals surface area contributed by atoms with Gasteiger partial charge in [0.15, 0.2) is 0 Å². The van der Waals surface area contributed by atoms with Crippen LogP contribution in [0.4, 0.5) is 0 Å². The van der Waals surface area contributed by atoms with Gasteiger partial charge in [0, 0.05) is 24.5 Å². The summed E-state index contributed by atoms with van der Waals surface area (Å²) in [4.78, 5) is 16.0. The van der Waals surface area contributed by atoms with E-state index in [2.05, 4.69) is 96.7 Å². The summed E-state index contributed by atoms with van der Waals surface area (Å²) in [6.45, 7) is 9.37. The predicted molar refractivity (Wildman–Crippen MR) is 143 cm³/mol. The molecule has 0 N–H and O–H groups in total. The highest BCUT2D eigenvalue weighted by atomic mass is 15.1.